The average molecular weight is 347 g/mol. The van der Waals surface area contributed by atoms with Gasteiger partial charge < -0.3 is 15.0 Å². The van der Waals surface area contributed by atoms with Crippen LogP contribution in [0.15, 0.2) is 18.2 Å². The summed E-state index contributed by atoms with van der Waals surface area (Å²) in [6, 6.07) is 3.62. The molecule has 2 unspecified atom stereocenters. The third kappa shape index (κ3) is 4.19. The largest absolute Gasteiger partial charge is 0.370 e. The Kier molecular flexibility index (Phi) is 6.33. The summed E-state index contributed by atoms with van der Waals surface area (Å²) >= 11 is 0. The second-order valence-corrected chi connectivity index (χ2v) is 5.82. The van der Waals surface area contributed by atoms with Crippen LogP contribution in [-0.4, -0.2) is 43.1 Å². The highest BCUT2D eigenvalue weighted by Crippen LogP contribution is 2.24. The predicted molar refractivity (Wildman–Crippen MR) is 84.5 cm³/mol. The molecular weight excluding hydrogens is 326 g/mol. The number of benzene rings is 1. The van der Waals surface area contributed by atoms with E-state index in [4.69, 9.17) is 4.74 Å². The SMILES string of the molecule is Cl.O=C(C1CCCCN1)N1CCOC(c2ccc(F)c(F)c2)C1. The van der Waals surface area contributed by atoms with E-state index in [2.05, 4.69) is 5.32 Å². The number of nitrogens with one attached hydrogen (secondary N) is 1. The van der Waals surface area contributed by atoms with Crippen LogP contribution in [0, 0.1) is 11.6 Å². The molecule has 2 aliphatic heterocycles. The lowest BCUT2D eigenvalue weighted by Gasteiger charge is -2.36. The zero-order valence-corrected chi connectivity index (χ0v) is 13.6. The van der Waals surface area contributed by atoms with Crippen molar-refractivity contribution in [1.82, 2.24) is 10.2 Å². The van der Waals surface area contributed by atoms with E-state index < -0.39 is 17.7 Å². The van der Waals surface area contributed by atoms with Crippen LogP contribution in [0.1, 0.15) is 30.9 Å². The molecule has 0 bridgehead atoms. The zero-order chi connectivity index (χ0) is 15.5. The van der Waals surface area contributed by atoms with Gasteiger partial charge in [0.1, 0.15) is 6.10 Å². The Morgan fingerprint density at radius 2 is 2.09 bits per heavy atom. The van der Waals surface area contributed by atoms with Crippen molar-refractivity contribution in [2.75, 3.05) is 26.2 Å². The van der Waals surface area contributed by atoms with E-state index in [1.807, 2.05) is 0 Å². The van der Waals surface area contributed by atoms with Gasteiger partial charge in [-0.15, -0.1) is 12.4 Å². The predicted octanol–water partition coefficient (Wildman–Crippen LogP) is 2.43. The second kappa shape index (κ2) is 8.04. The van der Waals surface area contributed by atoms with Crippen molar-refractivity contribution in [1.29, 1.82) is 0 Å². The lowest BCUT2D eigenvalue weighted by Crippen LogP contribution is -2.52. The van der Waals surface area contributed by atoms with Gasteiger partial charge in [0.15, 0.2) is 11.6 Å². The third-order valence-corrected chi connectivity index (χ3v) is 4.30. The monoisotopic (exact) mass is 346 g/mol. The van der Waals surface area contributed by atoms with E-state index in [0.29, 0.717) is 25.3 Å². The number of halogens is 3. The molecule has 0 spiro atoms. The fourth-order valence-corrected chi connectivity index (χ4v) is 3.05. The van der Waals surface area contributed by atoms with Crippen molar-refractivity contribution in [2.45, 2.75) is 31.4 Å². The molecule has 3 rings (SSSR count). The molecule has 2 aliphatic rings. The Hall–Kier alpha value is -1.24. The van der Waals surface area contributed by atoms with Crippen LogP contribution < -0.4 is 5.32 Å². The third-order valence-electron chi connectivity index (χ3n) is 4.30. The highest BCUT2D eigenvalue weighted by atomic mass is 35.5. The molecule has 0 aliphatic carbocycles. The van der Waals surface area contributed by atoms with Crippen LogP contribution in [0.3, 0.4) is 0 Å². The molecular formula is C16H21ClF2N2O2. The molecule has 1 amide bonds. The fraction of sp³-hybridized carbons (Fsp3) is 0.562. The van der Waals surface area contributed by atoms with Gasteiger partial charge in [-0.25, -0.2) is 8.78 Å². The molecule has 23 heavy (non-hydrogen) atoms. The standard InChI is InChI=1S/C16H20F2N2O2.ClH/c17-12-5-4-11(9-13(12)18)15-10-20(7-8-22-15)16(21)14-3-1-2-6-19-14;/h4-5,9,14-15,19H,1-3,6-8,10H2;1H. The Balaban J connectivity index is 0.00000192. The van der Waals surface area contributed by atoms with E-state index in [9.17, 15) is 13.6 Å². The maximum Gasteiger partial charge on any atom is 0.239 e. The first-order valence-electron chi connectivity index (χ1n) is 7.74. The number of morpholine rings is 1. The molecule has 1 N–H and O–H groups in total. The van der Waals surface area contributed by atoms with Gasteiger partial charge in [0, 0.05) is 6.54 Å². The topological polar surface area (TPSA) is 41.6 Å². The van der Waals surface area contributed by atoms with E-state index >= 15 is 0 Å². The Morgan fingerprint density at radius 1 is 1.26 bits per heavy atom. The van der Waals surface area contributed by atoms with Gasteiger partial charge >= 0.3 is 0 Å². The van der Waals surface area contributed by atoms with Crippen molar-refractivity contribution < 1.29 is 18.3 Å². The number of ether oxygens (including phenoxy) is 1. The van der Waals surface area contributed by atoms with Crippen LogP contribution in [0.4, 0.5) is 8.78 Å². The quantitative estimate of drug-likeness (QED) is 0.894. The lowest BCUT2D eigenvalue weighted by atomic mass is 10.0. The molecule has 2 saturated heterocycles. The van der Waals surface area contributed by atoms with Crippen molar-refractivity contribution in [2.24, 2.45) is 0 Å². The maximum absolute atomic E-state index is 13.4. The molecule has 4 nitrogen and oxygen atoms in total. The smallest absolute Gasteiger partial charge is 0.239 e. The molecule has 0 radical (unpaired) electrons. The minimum Gasteiger partial charge on any atom is -0.370 e. The average Bonchev–Trinajstić information content (AvgIpc) is 2.57. The van der Waals surface area contributed by atoms with Gasteiger partial charge in [0.2, 0.25) is 5.91 Å². The molecule has 7 heteroatoms. The summed E-state index contributed by atoms with van der Waals surface area (Å²) in [5, 5.41) is 3.25. The summed E-state index contributed by atoms with van der Waals surface area (Å²) in [7, 11) is 0. The molecule has 1 aromatic rings. The minimum absolute atomic E-state index is 0. The van der Waals surface area contributed by atoms with E-state index in [-0.39, 0.29) is 24.4 Å². The van der Waals surface area contributed by atoms with Crippen molar-refractivity contribution in [3.05, 3.63) is 35.4 Å². The summed E-state index contributed by atoms with van der Waals surface area (Å²) in [6.45, 7) is 2.19. The van der Waals surface area contributed by atoms with Crippen molar-refractivity contribution >= 4 is 18.3 Å². The summed E-state index contributed by atoms with van der Waals surface area (Å²) < 4.78 is 32.0. The van der Waals surface area contributed by atoms with Crippen LogP contribution in [0.5, 0.6) is 0 Å². The van der Waals surface area contributed by atoms with Gasteiger partial charge in [-0.05, 0) is 37.1 Å². The summed E-state index contributed by atoms with van der Waals surface area (Å²) in [6.07, 6.45) is 2.60. The van der Waals surface area contributed by atoms with Gasteiger partial charge in [0.25, 0.3) is 0 Å². The van der Waals surface area contributed by atoms with E-state index in [0.717, 1.165) is 37.9 Å². The molecule has 0 aromatic heterocycles. The second-order valence-electron chi connectivity index (χ2n) is 5.82. The normalized spacial score (nSPS) is 24.9. The number of nitrogens with zero attached hydrogens (tertiary/aromatic N) is 1. The summed E-state index contributed by atoms with van der Waals surface area (Å²) in [5.41, 5.74) is 0.563. The van der Waals surface area contributed by atoms with E-state index in [1.54, 1.807) is 4.90 Å². The number of rotatable bonds is 2. The van der Waals surface area contributed by atoms with Gasteiger partial charge in [0.05, 0.1) is 19.2 Å². The minimum atomic E-state index is -0.890. The Labute approximate surface area is 140 Å². The first-order valence-corrected chi connectivity index (χ1v) is 7.74. The number of carbonyl (C=O) groups is 1. The van der Waals surface area contributed by atoms with Crippen molar-refractivity contribution in [3.63, 3.8) is 0 Å². The first-order chi connectivity index (χ1) is 10.6. The highest BCUT2D eigenvalue weighted by Gasteiger charge is 2.30. The van der Waals surface area contributed by atoms with Crippen molar-refractivity contribution in [3.8, 4) is 0 Å². The number of hydrogen-bond acceptors (Lipinski definition) is 3. The van der Waals surface area contributed by atoms with Crippen LogP contribution >= 0.6 is 12.4 Å². The van der Waals surface area contributed by atoms with Gasteiger partial charge in [-0.3, -0.25) is 4.79 Å². The van der Waals surface area contributed by atoms with E-state index in [1.165, 1.54) is 6.07 Å². The molecule has 0 saturated carbocycles. The number of amides is 1. The first kappa shape index (κ1) is 18.1. The number of piperidine rings is 1. The van der Waals surface area contributed by atoms with Crippen LogP contribution in [0.2, 0.25) is 0 Å². The summed E-state index contributed by atoms with van der Waals surface area (Å²) in [4.78, 5) is 14.3. The van der Waals surface area contributed by atoms with Crippen LogP contribution in [-0.2, 0) is 9.53 Å². The van der Waals surface area contributed by atoms with Gasteiger partial charge in [-0.1, -0.05) is 12.5 Å². The fourth-order valence-electron chi connectivity index (χ4n) is 3.05. The highest BCUT2D eigenvalue weighted by molar-refractivity contribution is 5.85. The molecule has 2 atom stereocenters. The van der Waals surface area contributed by atoms with Gasteiger partial charge in [-0.2, -0.15) is 0 Å². The number of hydrogen-bond donors (Lipinski definition) is 1. The lowest BCUT2D eigenvalue weighted by molar-refractivity contribution is -0.141. The Bertz CT molecular complexity index is 553. The van der Waals surface area contributed by atoms with Crippen LogP contribution in [0.25, 0.3) is 0 Å². The zero-order valence-electron chi connectivity index (χ0n) is 12.8. The maximum atomic E-state index is 13.4. The molecule has 2 fully saturated rings. The number of carbonyl (C=O) groups excluding carboxylic acids is 1. The Morgan fingerprint density at radius 3 is 2.78 bits per heavy atom. The molecule has 128 valence electrons. The summed E-state index contributed by atoms with van der Waals surface area (Å²) in [5.74, 6) is -1.69. The molecule has 2 heterocycles. The molecule has 1 aromatic carbocycles.